The number of aromatic nitrogens is 3. The Bertz CT molecular complexity index is 756. The Morgan fingerprint density at radius 3 is 2.90 bits per heavy atom. The maximum Gasteiger partial charge on any atom is 0.414 e. The summed E-state index contributed by atoms with van der Waals surface area (Å²) in [6.45, 7) is 2.04. The van der Waals surface area contributed by atoms with E-state index in [1.54, 1.807) is 10.9 Å². The van der Waals surface area contributed by atoms with Crippen molar-refractivity contribution in [3.8, 4) is 5.69 Å². The molecule has 3 heterocycles. The van der Waals surface area contributed by atoms with Crippen molar-refractivity contribution in [2.75, 3.05) is 6.54 Å². The van der Waals surface area contributed by atoms with Crippen LogP contribution in [0, 0.1) is 6.92 Å². The molecule has 0 radical (unpaired) electrons. The van der Waals surface area contributed by atoms with Crippen LogP contribution in [0.2, 0.25) is 0 Å². The number of nitrogens with zero attached hydrogens (tertiary/aromatic N) is 4. The molecule has 8 heteroatoms. The van der Waals surface area contributed by atoms with Gasteiger partial charge in [0, 0.05) is 19.2 Å². The lowest BCUT2D eigenvalue weighted by Crippen LogP contribution is -2.41. The van der Waals surface area contributed by atoms with Crippen LogP contribution in [0.25, 0.3) is 5.69 Å². The number of hydrogen-bond acceptors (Lipinski definition) is 4. The van der Waals surface area contributed by atoms with Gasteiger partial charge in [-0.05, 0) is 34.5 Å². The average Bonchev–Trinajstić information content (AvgIpc) is 2.86. The van der Waals surface area contributed by atoms with E-state index in [2.05, 4.69) is 26.0 Å². The van der Waals surface area contributed by atoms with Crippen molar-refractivity contribution in [3.63, 3.8) is 0 Å². The van der Waals surface area contributed by atoms with Crippen LogP contribution < -0.4 is 0 Å². The van der Waals surface area contributed by atoms with Crippen LogP contribution in [0.15, 0.2) is 23.1 Å². The molecule has 2 aromatic heterocycles. The van der Waals surface area contributed by atoms with Crippen molar-refractivity contribution in [1.82, 2.24) is 19.7 Å². The third-order valence-electron chi connectivity index (χ3n) is 3.42. The molecular formula is C13H11BrN4O3. The number of hydrogen-bond donors (Lipinski definition) is 1. The maximum atomic E-state index is 12.1. The number of carbonyl (C=O) groups excluding carboxylic acids is 1. The molecule has 7 nitrogen and oxygen atoms in total. The van der Waals surface area contributed by atoms with Gasteiger partial charge in [-0.15, -0.1) is 0 Å². The van der Waals surface area contributed by atoms with Crippen molar-refractivity contribution >= 4 is 27.9 Å². The Hall–Kier alpha value is -2.22. The van der Waals surface area contributed by atoms with Crippen molar-refractivity contribution in [1.29, 1.82) is 0 Å². The highest BCUT2D eigenvalue weighted by atomic mass is 79.9. The summed E-state index contributed by atoms with van der Waals surface area (Å²) in [5.74, 6) is -0.527. The number of amides is 2. The van der Waals surface area contributed by atoms with Crippen molar-refractivity contribution in [2.45, 2.75) is 13.3 Å². The van der Waals surface area contributed by atoms with Gasteiger partial charge in [-0.25, -0.2) is 19.4 Å². The minimum atomic E-state index is -1.23. The zero-order chi connectivity index (χ0) is 15.1. The van der Waals surface area contributed by atoms with E-state index in [-0.39, 0.29) is 6.54 Å². The topological polar surface area (TPSA) is 88.3 Å². The fraction of sp³-hybridized carbons (Fsp3) is 0.231. The predicted molar refractivity (Wildman–Crippen MR) is 76.6 cm³/mol. The highest BCUT2D eigenvalue weighted by molar-refractivity contribution is 9.10. The number of carbonyl (C=O) groups is 2. The first-order valence-electron chi connectivity index (χ1n) is 6.23. The molecular weight excluding hydrogens is 340 g/mol. The SMILES string of the molecule is Cc1cnc(Br)cc1-n1ncc2c1CCN(C(=O)O)C2=O. The van der Waals surface area contributed by atoms with Gasteiger partial charge in [-0.1, -0.05) is 0 Å². The second-order valence-electron chi connectivity index (χ2n) is 4.70. The number of fused-ring (bicyclic) bond motifs is 1. The first-order valence-corrected chi connectivity index (χ1v) is 7.02. The van der Waals surface area contributed by atoms with Crippen LogP contribution in [0.3, 0.4) is 0 Å². The molecule has 0 bridgehead atoms. The van der Waals surface area contributed by atoms with Gasteiger partial charge >= 0.3 is 6.09 Å². The van der Waals surface area contributed by atoms with Gasteiger partial charge in [0.2, 0.25) is 0 Å². The van der Waals surface area contributed by atoms with E-state index in [0.29, 0.717) is 16.6 Å². The predicted octanol–water partition coefficient (Wildman–Crippen LogP) is 2.01. The molecule has 0 saturated carbocycles. The summed E-state index contributed by atoms with van der Waals surface area (Å²) < 4.78 is 2.34. The second kappa shape index (κ2) is 4.96. The third kappa shape index (κ3) is 2.21. The van der Waals surface area contributed by atoms with E-state index in [1.165, 1.54) is 6.20 Å². The molecule has 1 aliphatic heterocycles. The smallest absolute Gasteiger partial charge is 0.414 e. The zero-order valence-electron chi connectivity index (χ0n) is 11.1. The molecule has 0 unspecified atom stereocenters. The first kappa shape index (κ1) is 13.7. The van der Waals surface area contributed by atoms with Crippen LogP contribution in [-0.2, 0) is 6.42 Å². The number of rotatable bonds is 1. The van der Waals surface area contributed by atoms with Crippen LogP contribution in [0.5, 0.6) is 0 Å². The molecule has 0 saturated heterocycles. The average molecular weight is 351 g/mol. The van der Waals surface area contributed by atoms with Gasteiger partial charge in [-0.3, -0.25) is 4.79 Å². The summed E-state index contributed by atoms with van der Waals surface area (Å²) >= 11 is 3.31. The highest BCUT2D eigenvalue weighted by Crippen LogP contribution is 2.24. The Balaban J connectivity index is 2.10. The largest absolute Gasteiger partial charge is 0.465 e. The van der Waals surface area contributed by atoms with Crippen molar-refractivity contribution in [2.24, 2.45) is 0 Å². The lowest BCUT2D eigenvalue weighted by molar-refractivity contribution is 0.0726. The standard InChI is InChI=1S/C13H11BrN4O3/c1-7-5-15-11(14)4-10(7)18-9-2-3-17(13(20)21)12(19)8(9)6-16-18/h4-6H,2-3H2,1H3,(H,20,21). The number of aryl methyl sites for hydroxylation is 1. The Kier molecular flexibility index (Phi) is 3.25. The third-order valence-corrected chi connectivity index (χ3v) is 3.85. The van der Waals surface area contributed by atoms with Crippen LogP contribution >= 0.6 is 15.9 Å². The maximum absolute atomic E-state index is 12.1. The fourth-order valence-corrected chi connectivity index (χ4v) is 2.68. The molecule has 1 aliphatic rings. The van der Waals surface area contributed by atoms with E-state index in [9.17, 15) is 9.59 Å². The molecule has 0 aromatic carbocycles. The van der Waals surface area contributed by atoms with E-state index in [0.717, 1.165) is 21.8 Å². The van der Waals surface area contributed by atoms with Crippen LogP contribution in [-0.4, -0.2) is 43.3 Å². The molecule has 0 atom stereocenters. The zero-order valence-corrected chi connectivity index (χ0v) is 12.7. The molecule has 21 heavy (non-hydrogen) atoms. The number of halogens is 1. The summed E-state index contributed by atoms with van der Waals surface area (Å²) in [6.07, 6.45) is 2.33. The number of pyridine rings is 1. The molecule has 2 aromatic rings. The monoisotopic (exact) mass is 350 g/mol. The Morgan fingerprint density at radius 1 is 1.43 bits per heavy atom. The summed E-state index contributed by atoms with van der Waals surface area (Å²) in [6, 6.07) is 1.82. The van der Waals surface area contributed by atoms with Crippen molar-refractivity contribution in [3.05, 3.63) is 39.9 Å². The summed E-state index contributed by atoms with van der Waals surface area (Å²) in [7, 11) is 0. The van der Waals surface area contributed by atoms with Gasteiger partial charge in [0.05, 0.1) is 23.1 Å². The summed E-state index contributed by atoms with van der Waals surface area (Å²) in [5, 5.41) is 13.2. The Morgan fingerprint density at radius 2 is 2.19 bits per heavy atom. The quantitative estimate of drug-likeness (QED) is 0.794. The van der Waals surface area contributed by atoms with E-state index in [1.807, 2.05) is 13.0 Å². The van der Waals surface area contributed by atoms with E-state index >= 15 is 0 Å². The van der Waals surface area contributed by atoms with Crippen LogP contribution in [0.4, 0.5) is 4.79 Å². The molecule has 2 amide bonds. The molecule has 0 spiro atoms. The summed E-state index contributed by atoms with van der Waals surface area (Å²) in [4.78, 5) is 28.1. The molecule has 0 fully saturated rings. The lowest BCUT2D eigenvalue weighted by Gasteiger charge is -2.23. The normalized spacial score (nSPS) is 14.2. The number of carboxylic acid groups (broad SMARTS) is 1. The molecule has 0 aliphatic carbocycles. The highest BCUT2D eigenvalue weighted by Gasteiger charge is 2.32. The first-order chi connectivity index (χ1) is 9.99. The van der Waals surface area contributed by atoms with Gasteiger partial charge in [0.1, 0.15) is 4.60 Å². The van der Waals surface area contributed by atoms with Gasteiger partial charge in [0.25, 0.3) is 5.91 Å². The fourth-order valence-electron chi connectivity index (χ4n) is 2.36. The summed E-state index contributed by atoms with van der Waals surface area (Å²) in [5.41, 5.74) is 2.78. The van der Waals surface area contributed by atoms with E-state index in [4.69, 9.17) is 5.11 Å². The minimum Gasteiger partial charge on any atom is -0.465 e. The van der Waals surface area contributed by atoms with Crippen LogP contribution in [0.1, 0.15) is 21.6 Å². The molecule has 1 N–H and O–H groups in total. The van der Waals surface area contributed by atoms with Gasteiger partial charge < -0.3 is 5.11 Å². The van der Waals surface area contributed by atoms with Gasteiger partial charge in [-0.2, -0.15) is 5.10 Å². The minimum absolute atomic E-state index is 0.137. The second-order valence-corrected chi connectivity index (χ2v) is 5.51. The van der Waals surface area contributed by atoms with E-state index < -0.39 is 12.0 Å². The molecule has 3 rings (SSSR count). The molecule has 108 valence electrons. The number of imide groups is 1. The van der Waals surface area contributed by atoms with Gasteiger partial charge in [0.15, 0.2) is 0 Å². The lowest BCUT2D eigenvalue weighted by atomic mass is 10.1. The van der Waals surface area contributed by atoms with Crippen molar-refractivity contribution < 1.29 is 14.7 Å². The Labute approximate surface area is 128 Å².